The molecule has 0 unspecified atom stereocenters. The Morgan fingerprint density at radius 1 is 0.405 bits per heavy atom. The summed E-state index contributed by atoms with van der Waals surface area (Å²) in [6.07, 6.45) is 32.6. The van der Waals surface area contributed by atoms with E-state index >= 15 is 0 Å². The maximum absolute atomic E-state index is 3.94. The zero-order valence-corrected chi connectivity index (χ0v) is 24.2. The number of hydrogen-bond donors (Lipinski definition) is 0. The van der Waals surface area contributed by atoms with Crippen molar-refractivity contribution in [3.8, 4) is 0 Å². The van der Waals surface area contributed by atoms with Gasteiger partial charge in [-0.15, -0.1) is 0 Å². The van der Waals surface area contributed by atoms with Crippen molar-refractivity contribution >= 4 is 0 Å². The van der Waals surface area contributed by atoms with Gasteiger partial charge in [-0.25, -0.2) is 19.9 Å². The van der Waals surface area contributed by atoms with Crippen LogP contribution in [0.4, 0.5) is 0 Å². The average molecular weight is 560 g/mol. The third-order valence-corrected chi connectivity index (χ3v) is 5.32. The molecule has 210 valence electrons. The van der Waals surface area contributed by atoms with Gasteiger partial charge in [-0.3, -0.25) is 0 Å². The first-order chi connectivity index (χ1) is 17.7. The first-order valence-corrected chi connectivity index (χ1v) is 13.6. The van der Waals surface area contributed by atoms with Gasteiger partial charge in [0.2, 0.25) is 0 Å². The normalized spacial score (nSPS) is 9.62. The molecule has 4 rings (SSSR count). The second kappa shape index (κ2) is 25.0. The summed E-state index contributed by atoms with van der Waals surface area (Å²) in [5.74, 6) is 0. The Bertz CT molecular complexity index is 735. The molecule has 4 aromatic rings. The number of nitrogens with zero attached hydrogens (tertiary/aromatic N) is 8. The first-order valence-electron chi connectivity index (χ1n) is 13.6. The van der Waals surface area contributed by atoms with Gasteiger partial charge in [0, 0.05) is 75.8 Å². The monoisotopic (exact) mass is 559 g/mol. The Morgan fingerprint density at radius 2 is 0.622 bits per heavy atom. The molecule has 0 aromatic carbocycles. The fourth-order valence-electron chi connectivity index (χ4n) is 3.04. The topological polar surface area (TPSA) is 71.3 Å². The van der Waals surface area contributed by atoms with Gasteiger partial charge in [0.05, 0.1) is 25.3 Å². The minimum atomic E-state index is 0. The predicted octanol–water partition coefficient (Wildman–Crippen LogP) is 6.73. The zero-order valence-electron chi connectivity index (χ0n) is 23.3. The molecule has 0 aliphatic carbocycles. The van der Waals surface area contributed by atoms with E-state index in [0.717, 1.165) is 26.2 Å². The summed E-state index contributed by atoms with van der Waals surface area (Å²) in [5.41, 5.74) is 0. The summed E-state index contributed by atoms with van der Waals surface area (Å²) in [5, 5.41) is 0. The van der Waals surface area contributed by atoms with E-state index in [9.17, 15) is 0 Å². The largest absolute Gasteiger partial charge is 1.00 e. The number of unbranched alkanes of at least 4 members (excludes halogenated alkanes) is 4. The average Bonchev–Trinajstić information content (AvgIpc) is 3.74. The van der Waals surface area contributed by atoms with Crippen molar-refractivity contribution in [2.45, 2.75) is 105 Å². The summed E-state index contributed by atoms with van der Waals surface area (Å²) in [6, 6.07) is 0. The van der Waals surface area contributed by atoms with Crippen molar-refractivity contribution in [1.29, 1.82) is 0 Å². The van der Waals surface area contributed by atoms with Gasteiger partial charge < -0.3 is 18.3 Å². The van der Waals surface area contributed by atoms with Crippen molar-refractivity contribution in [2.75, 3.05) is 0 Å². The summed E-state index contributed by atoms with van der Waals surface area (Å²) < 4.78 is 8.40. The molecule has 8 nitrogen and oxygen atoms in total. The maximum atomic E-state index is 3.94. The molecule has 0 saturated carbocycles. The van der Waals surface area contributed by atoms with Gasteiger partial charge >= 0.3 is 17.1 Å². The Kier molecular flexibility index (Phi) is 23.2. The molecule has 0 fully saturated rings. The molecule has 0 bridgehead atoms. The smallest absolute Gasteiger partial charge is 0.337 e. The minimum Gasteiger partial charge on any atom is -0.337 e. The van der Waals surface area contributed by atoms with E-state index in [2.05, 4.69) is 65.9 Å². The molecule has 0 spiro atoms. The molecule has 4 aromatic heterocycles. The Hall–Kier alpha value is -2.64. The standard InChI is InChI=1S/4C7H12N2.Cu/c4*1-2-3-5-9-6-4-8-7-9;/h4*4,6-7H,2-3,5H2,1H3;/q;;;;+1. The Morgan fingerprint density at radius 3 is 0.757 bits per heavy atom. The van der Waals surface area contributed by atoms with Crippen LogP contribution in [0.5, 0.6) is 0 Å². The van der Waals surface area contributed by atoms with Gasteiger partial charge in [0.15, 0.2) is 0 Å². The molecule has 0 aliphatic rings. The first kappa shape index (κ1) is 34.4. The molecule has 0 radical (unpaired) electrons. The SMILES string of the molecule is CCCCn1ccnc1.CCCCn1ccnc1.CCCCn1ccnc1.CCCCn1ccnc1.[Cu+]. The molecule has 0 aliphatic heterocycles. The van der Waals surface area contributed by atoms with Crippen molar-refractivity contribution in [3.63, 3.8) is 0 Å². The van der Waals surface area contributed by atoms with E-state index in [-0.39, 0.29) is 17.1 Å². The second-order valence-corrected chi connectivity index (χ2v) is 8.62. The van der Waals surface area contributed by atoms with Crippen LogP contribution in [0.25, 0.3) is 0 Å². The van der Waals surface area contributed by atoms with Crippen LogP contribution in [0, 0.1) is 0 Å². The molecule has 37 heavy (non-hydrogen) atoms. The minimum absolute atomic E-state index is 0. The maximum Gasteiger partial charge on any atom is 1.00 e. The third kappa shape index (κ3) is 19.2. The number of hydrogen-bond acceptors (Lipinski definition) is 4. The molecule has 0 saturated heterocycles. The summed E-state index contributed by atoms with van der Waals surface area (Å²) in [7, 11) is 0. The van der Waals surface area contributed by atoms with Crippen LogP contribution >= 0.6 is 0 Å². The van der Waals surface area contributed by atoms with Crippen molar-refractivity contribution in [3.05, 3.63) is 74.9 Å². The van der Waals surface area contributed by atoms with Gasteiger partial charge in [-0.1, -0.05) is 53.4 Å². The van der Waals surface area contributed by atoms with E-state index in [1.54, 1.807) is 0 Å². The van der Waals surface area contributed by atoms with Crippen molar-refractivity contribution in [1.82, 2.24) is 38.2 Å². The number of aryl methyl sites for hydroxylation is 4. The fraction of sp³-hybridized carbons (Fsp3) is 0.571. The van der Waals surface area contributed by atoms with Crippen molar-refractivity contribution < 1.29 is 17.1 Å². The van der Waals surface area contributed by atoms with Crippen molar-refractivity contribution in [2.24, 2.45) is 0 Å². The van der Waals surface area contributed by atoms with Crippen LogP contribution in [-0.4, -0.2) is 38.2 Å². The third-order valence-electron chi connectivity index (χ3n) is 5.32. The van der Waals surface area contributed by atoms with E-state index in [1.807, 2.05) is 74.9 Å². The second-order valence-electron chi connectivity index (χ2n) is 8.62. The molecule has 4 heterocycles. The summed E-state index contributed by atoms with van der Waals surface area (Å²) >= 11 is 0. The van der Waals surface area contributed by atoms with E-state index in [4.69, 9.17) is 0 Å². The van der Waals surface area contributed by atoms with E-state index < -0.39 is 0 Å². The quantitative estimate of drug-likeness (QED) is 0.180. The van der Waals surface area contributed by atoms with Gasteiger partial charge in [0.25, 0.3) is 0 Å². The number of aromatic nitrogens is 8. The molecular formula is C28H48CuN8+. The Balaban J connectivity index is 0.000000463. The van der Waals surface area contributed by atoms with E-state index in [0.29, 0.717) is 0 Å². The number of rotatable bonds is 12. The molecule has 0 N–H and O–H groups in total. The zero-order chi connectivity index (χ0) is 26.1. The Labute approximate surface area is 235 Å². The molecule has 9 heteroatoms. The van der Waals surface area contributed by atoms with Gasteiger partial charge in [-0.05, 0) is 25.7 Å². The van der Waals surface area contributed by atoms with Crippen LogP contribution in [0.3, 0.4) is 0 Å². The molecule has 0 atom stereocenters. The fourth-order valence-corrected chi connectivity index (χ4v) is 3.04. The van der Waals surface area contributed by atoms with Crippen LogP contribution in [0.2, 0.25) is 0 Å². The van der Waals surface area contributed by atoms with Crippen LogP contribution < -0.4 is 0 Å². The van der Waals surface area contributed by atoms with Crippen LogP contribution in [-0.2, 0) is 43.2 Å². The predicted molar refractivity (Wildman–Crippen MR) is 149 cm³/mol. The van der Waals surface area contributed by atoms with E-state index in [1.165, 1.54) is 51.4 Å². The number of imidazole rings is 4. The van der Waals surface area contributed by atoms with Gasteiger partial charge in [-0.2, -0.15) is 0 Å². The van der Waals surface area contributed by atoms with Crippen LogP contribution in [0.15, 0.2) is 74.9 Å². The van der Waals surface area contributed by atoms with Gasteiger partial charge in [0.1, 0.15) is 0 Å². The molecular weight excluding hydrogens is 512 g/mol. The van der Waals surface area contributed by atoms with Crippen LogP contribution in [0.1, 0.15) is 79.1 Å². The summed E-state index contributed by atoms with van der Waals surface area (Å²) in [4.78, 5) is 15.8. The molecule has 0 amide bonds. The summed E-state index contributed by atoms with van der Waals surface area (Å²) in [6.45, 7) is 13.2.